The molecule has 398 valence electrons. The number of allylic oxidation sites excluding steroid dienone is 14. The van der Waals surface area contributed by atoms with Crippen molar-refractivity contribution in [3.63, 3.8) is 0 Å². The Morgan fingerprint density at radius 2 is 0.797 bits per heavy atom. The fraction of sp³-hybridized carbons (Fsp3) is 0.729. The third kappa shape index (κ3) is 54.4. The summed E-state index contributed by atoms with van der Waals surface area (Å²) in [5.74, 6) is -0.875. The van der Waals surface area contributed by atoms with E-state index in [1.807, 2.05) is 0 Å². The molecule has 0 spiro atoms. The van der Waals surface area contributed by atoms with Gasteiger partial charge in [-0.25, -0.2) is 4.57 Å². The van der Waals surface area contributed by atoms with Crippen LogP contribution in [-0.2, 0) is 32.7 Å². The Kier molecular flexibility index (Phi) is 52.3. The molecule has 0 heterocycles. The van der Waals surface area contributed by atoms with Gasteiger partial charge < -0.3 is 20.1 Å². The second-order valence-corrected chi connectivity index (χ2v) is 19.9. The highest BCUT2D eigenvalue weighted by molar-refractivity contribution is 7.47. The molecule has 0 saturated heterocycles. The zero-order valence-corrected chi connectivity index (χ0v) is 45.2. The molecular weight excluding hydrogens is 882 g/mol. The highest BCUT2D eigenvalue weighted by Gasteiger charge is 2.26. The average Bonchev–Trinajstić information content (AvgIpc) is 3.34. The van der Waals surface area contributed by atoms with E-state index in [-0.39, 0.29) is 32.6 Å². The van der Waals surface area contributed by atoms with Crippen LogP contribution in [0.25, 0.3) is 0 Å². The van der Waals surface area contributed by atoms with Gasteiger partial charge in [-0.3, -0.25) is 18.6 Å². The van der Waals surface area contributed by atoms with Crippen LogP contribution in [0.3, 0.4) is 0 Å². The van der Waals surface area contributed by atoms with Gasteiger partial charge in [-0.2, -0.15) is 0 Å². The number of esters is 2. The molecule has 0 radical (unpaired) electrons. The maximum absolute atomic E-state index is 12.6. The molecule has 0 fully saturated rings. The van der Waals surface area contributed by atoms with Crippen LogP contribution >= 0.6 is 7.82 Å². The highest BCUT2D eigenvalue weighted by atomic mass is 31.2. The predicted molar refractivity (Wildman–Crippen MR) is 293 cm³/mol. The van der Waals surface area contributed by atoms with Crippen molar-refractivity contribution in [1.82, 2.24) is 0 Å². The Balaban J connectivity index is 3.91. The molecule has 9 nitrogen and oxygen atoms in total. The number of carbonyl (C=O) groups excluding carboxylic acids is 2. The van der Waals surface area contributed by atoms with E-state index in [0.717, 1.165) is 70.6 Å². The predicted octanol–water partition coefficient (Wildman–Crippen LogP) is 17.5. The minimum Gasteiger partial charge on any atom is -0.462 e. The smallest absolute Gasteiger partial charge is 0.462 e. The zero-order chi connectivity index (χ0) is 50.2. The molecule has 2 atom stereocenters. The number of nitrogens with two attached hydrogens (primary N) is 1. The number of ether oxygens (including phenoxy) is 2. The molecular formula is C59H104NO8P. The maximum atomic E-state index is 12.6. The van der Waals surface area contributed by atoms with E-state index in [1.165, 1.54) is 141 Å². The van der Waals surface area contributed by atoms with Crippen LogP contribution in [0, 0.1) is 0 Å². The van der Waals surface area contributed by atoms with Crippen LogP contribution in [0.4, 0.5) is 0 Å². The number of phosphoric ester groups is 1. The summed E-state index contributed by atoms with van der Waals surface area (Å²) in [6.07, 6.45) is 70.9. The molecule has 0 saturated carbocycles. The fourth-order valence-corrected chi connectivity index (χ4v) is 8.40. The van der Waals surface area contributed by atoms with Crippen LogP contribution in [0.2, 0.25) is 0 Å². The van der Waals surface area contributed by atoms with E-state index >= 15 is 0 Å². The van der Waals surface area contributed by atoms with Crippen molar-refractivity contribution in [2.75, 3.05) is 26.4 Å². The van der Waals surface area contributed by atoms with Gasteiger partial charge in [-0.1, -0.05) is 227 Å². The number of unbranched alkanes of at least 4 members (excludes halogenated alkanes) is 25. The van der Waals surface area contributed by atoms with Gasteiger partial charge in [0.15, 0.2) is 6.10 Å². The topological polar surface area (TPSA) is 134 Å². The first-order valence-electron chi connectivity index (χ1n) is 28.1. The molecule has 0 aliphatic heterocycles. The molecule has 0 aliphatic carbocycles. The van der Waals surface area contributed by atoms with Crippen molar-refractivity contribution < 1.29 is 37.6 Å². The van der Waals surface area contributed by atoms with Crippen LogP contribution in [0.1, 0.15) is 245 Å². The van der Waals surface area contributed by atoms with Gasteiger partial charge in [-0.05, 0) is 89.9 Å². The van der Waals surface area contributed by atoms with Crippen LogP contribution < -0.4 is 5.73 Å². The molecule has 0 amide bonds. The van der Waals surface area contributed by atoms with Gasteiger partial charge >= 0.3 is 19.8 Å². The summed E-state index contributed by atoms with van der Waals surface area (Å²) in [6.45, 7) is 3.57. The third-order valence-corrected chi connectivity index (χ3v) is 12.7. The molecule has 2 unspecified atom stereocenters. The highest BCUT2D eigenvalue weighted by Crippen LogP contribution is 2.43. The summed E-state index contributed by atoms with van der Waals surface area (Å²) in [5, 5.41) is 0. The van der Waals surface area contributed by atoms with Crippen LogP contribution in [0.5, 0.6) is 0 Å². The quantitative estimate of drug-likeness (QED) is 0.0264. The SMILES string of the molecule is CC/C=C\C/C=C\C/C=C\C/C=C\CCCCC(=O)OC(COC(=O)CCCCCCCCCCCCCCCCCCCC/C=C\C/C=C\C/C=C\CCCCCCC)COP(=O)(O)OCCN. The molecule has 0 aromatic carbocycles. The molecule has 0 aliphatic rings. The van der Waals surface area contributed by atoms with E-state index < -0.39 is 32.5 Å². The first-order chi connectivity index (χ1) is 33.8. The largest absolute Gasteiger partial charge is 0.472 e. The fourth-order valence-electron chi connectivity index (χ4n) is 7.63. The summed E-state index contributed by atoms with van der Waals surface area (Å²) < 4.78 is 32.9. The Hall–Kier alpha value is -2.81. The molecule has 0 aromatic rings. The zero-order valence-electron chi connectivity index (χ0n) is 44.3. The minimum atomic E-state index is -4.40. The summed E-state index contributed by atoms with van der Waals surface area (Å²) in [7, 11) is -4.40. The second kappa shape index (κ2) is 54.5. The summed E-state index contributed by atoms with van der Waals surface area (Å²) >= 11 is 0. The van der Waals surface area contributed by atoms with Gasteiger partial charge in [0.25, 0.3) is 0 Å². The first kappa shape index (κ1) is 66.2. The summed E-state index contributed by atoms with van der Waals surface area (Å²) in [5.41, 5.74) is 5.36. The molecule has 10 heteroatoms. The number of carbonyl (C=O) groups is 2. The lowest BCUT2D eigenvalue weighted by Crippen LogP contribution is -2.29. The van der Waals surface area contributed by atoms with Gasteiger partial charge in [0.1, 0.15) is 6.61 Å². The lowest BCUT2D eigenvalue weighted by Gasteiger charge is -2.19. The van der Waals surface area contributed by atoms with Crippen molar-refractivity contribution in [2.45, 2.75) is 251 Å². The van der Waals surface area contributed by atoms with Crippen molar-refractivity contribution in [3.8, 4) is 0 Å². The summed E-state index contributed by atoms with van der Waals surface area (Å²) in [6, 6.07) is 0. The van der Waals surface area contributed by atoms with Crippen LogP contribution in [-0.4, -0.2) is 49.3 Å². The lowest BCUT2D eigenvalue weighted by atomic mass is 10.0. The van der Waals surface area contributed by atoms with Crippen molar-refractivity contribution in [3.05, 3.63) is 85.1 Å². The Labute approximate surface area is 424 Å². The van der Waals surface area contributed by atoms with Gasteiger partial charge in [0.05, 0.1) is 13.2 Å². The number of phosphoric acid groups is 1. The van der Waals surface area contributed by atoms with E-state index in [0.29, 0.717) is 6.42 Å². The monoisotopic (exact) mass is 986 g/mol. The summed E-state index contributed by atoms with van der Waals surface area (Å²) in [4.78, 5) is 35.0. The third-order valence-electron chi connectivity index (χ3n) is 11.8. The number of rotatable bonds is 52. The number of hydrogen-bond donors (Lipinski definition) is 2. The van der Waals surface area contributed by atoms with Gasteiger partial charge in [0, 0.05) is 19.4 Å². The van der Waals surface area contributed by atoms with E-state index in [1.54, 1.807) is 0 Å². The molecule has 0 bridgehead atoms. The molecule has 0 aromatic heterocycles. The average molecular weight is 986 g/mol. The normalized spacial score (nSPS) is 13.7. The standard InChI is InChI=1S/C59H104NO8P/c1-3-5-7-9-11-13-15-17-19-20-21-22-23-24-25-26-27-28-29-30-31-32-33-34-35-36-38-39-41-43-45-47-49-51-58(61)65-55-57(56-67-69(63,64)66-54-53-60)68-59(62)52-50-48-46-44-42-40-37-18-16-14-12-10-8-6-4-2/h6,8,12,14-15,17-18,20-21,23-24,37,42,44,57H,3-5,7,9-11,13,16,19,22,25-36,38-41,43,45-56,60H2,1-2H3,(H,63,64)/b8-6-,14-12-,17-15-,21-20-,24-23-,37-18-,44-42-. The molecule has 69 heavy (non-hydrogen) atoms. The minimum absolute atomic E-state index is 0.0437. The van der Waals surface area contributed by atoms with Gasteiger partial charge in [0.2, 0.25) is 0 Å². The second-order valence-electron chi connectivity index (χ2n) is 18.4. The van der Waals surface area contributed by atoms with E-state index in [2.05, 4.69) is 98.9 Å². The first-order valence-corrected chi connectivity index (χ1v) is 29.6. The molecule has 3 N–H and O–H groups in total. The number of hydrogen-bond acceptors (Lipinski definition) is 8. The molecule has 0 rings (SSSR count). The van der Waals surface area contributed by atoms with Crippen molar-refractivity contribution in [2.24, 2.45) is 5.73 Å². The Bertz CT molecular complexity index is 1400. The van der Waals surface area contributed by atoms with Crippen LogP contribution in [0.15, 0.2) is 85.1 Å². The maximum Gasteiger partial charge on any atom is 0.472 e. The van der Waals surface area contributed by atoms with Crippen molar-refractivity contribution in [1.29, 1.82) is 0 Å². The van der Waals surface area contributed by atoms with E-state index in [9.17, 15) is 19.0 Å². The Morgan fingerprint density at radius 1 is 0.449 bits per heavy atom. The van der Waals surface area contributed by atoms with E-state index in [4.69, 9.17) is 24.3 Å². The lowest BCUT2D eigenvalue weighted by molar-refractivity contribution is -0.161. The van der Waals surface area contributed by atoms with Gasteiger partial charge in [-0.15, -0.1) is 0 Å². The van der Waals surface area contributed by atoms with Crippen molar-refractivity contribution >= 4 is 19.8 Å². The Morgan fingerprint density at radius 3 is 1.22 bits per heavy atom.